The fourth-order valence-electron chi connectivity index (χ4n) is 1.22. The fraction of sp³-hybridized carbons (Fsp3) is 0.462. The highest BCUT2D eigenvalue weighted by molar-refractivity contribution is 7.99. The van der Waals surface area contributed by atoms with E-state index in [1.54, 1.807) is 11.8 Å². The Morgan fingerprint density at radius 1 is 1.29 bits per heavy atom. The third kappa shape index (κ3) is 5.63. The zero-order chi connectivity index (χ0) is 12.9. The Kier molecular flexibility index (Phi) is 4.87. The van der Waals surface area contributed by atoms with Crippen molar-refractivity contribution in [3.05, 3.63) is 24.3 Å². The van der Waals surface area contributed by atoms with E-state index in [0.29, 0.717) is 0 Å². The highest BCUT2D eigenvalue weighted by Gasteiger charge is 2.15. The summed E-state index contributed by atoms with van der Waals surface area (Å²) in [7, 11) is 0. The van der Waals surface area contributed by atoms with Gasteiger partial charge in [0.05, 0.1) is 0 Å². The summed E-state index contributed by atoms with van der Waals surface area (Å²) >= 11 is 1.77. The molecule has 0 spiro atoms. The Balaban J connectivity index is 2.54. The van der Waals surface area contributed by atoms with Crippen molar-refractivity contribution in [2.45, 2.75) is 38.2 Å². The normalized spacial score (nSPS) is 11.1. The Labute approximate surface area is 107 Å². The monoisotopic (exact) mass is 253 g/mol. The molecule has 4 heteroatoms. The van der Waals surface area contributed by atoms with Crippen LogP contribution in [0.3, 0.4) is 0 Å². The molecule has 0 saturated heterocycles. The molecule has 0 aliphatic heterocycles. The minimum atomic E-state index is -0.470. The summed E-state index contributed by atoms with van der Waals surface area (Å²) in [5.74, 6) is 1.04. The summed E-state index contributed by atoms with van der Waals surface area (Å²) < 4.78 is 5.16. The molecule has 0 saturated carbocycles. The minimum Gasteiger partial charge on any atom is -0.444 e. The quantitative estimate of drug-likeness (QED) is 0.822. The van der Waals surface area contributed by atoms with Crippen LogP contribution in [0.25, 0.3) is 0 Å². The van der Waals surface area contributed by atoms with Crippen molar-refractivity contribution < 1.29 is 9.53 Å². The first-order valence-corrected chi connectivity index (χ1v) is 6.62. The van der Waals surface area contributed by atoms with Crippen LogP contribution in [-0.4, -0.2) is 17.4 Å². The van der Waals surface area contributed by atoms with E-state index in [-0.39, 0.29) is 0 Å². The molecule has 0 aromatic heterocycles. The molecule has 1 aromatic rings. The van der Waals surface area contributed by atoms with E-state index < -0.39 is 11.7 Å². The second-order valence-electron chi connectivity index (χ2n) is 4.58. The largest absolute Gasteiger partial charge is 0.444 e. The van der Waals surface area contributed by atoms with Gasteiger partial charge in [-0.25, -0.2) is 4.79 Å². The van der Waals surface area contributed by atoms with Crippen LogP contribution in [0.4, 0.5) is 10.5 Å². The molecule has 0 unspecified atom stereocenters. The molecule has 1 N–H and O–H groups in total. The van der Waals surface area contributed by atoms with Gasteiger partial charge in [-0.1, -0.05) is 6.92 Å². The number of ether oxygens (including phenoxy) is 1. The standard InChI is InChI=1S/C13H19NO2S/c1-5-17-11-8-6-10(7-9-11)14-12(15)16-13(2,3)4/h6-9H,5H2,1-4H3,(H,14,15). The Bertz CT molecular complexity index is 368. The molecule has 0 fully saturated rings. The second kappa shape index (κ2) is 5.96. The number of carbonyl (C=O) groups is 1. The van der Waals surface area contributed by atoms with Gasteiger partial charge in [-0.15, -0.1) is 11.8 Å². The Morgan fingerprint density at radius 3 is 2.35 bits per heavy atom. The molecular formula is C13H19NO2S. The molecule has 1 aromatic carbocycles. The molecule has 0 atom stereocenters. The average molecular weight is 253 g/mol. The summed E-state index contributed by atoms with van der Waals surface area (Å²) in [4.78, 5) is 12.7. The maximum absolute atomic E-state index is 11.5. The molecule has 3 nitrogen and oxygen atoms in total. The van der Waals surface area contributed by atoms with Crippen molar-refractivity contribution in [2.75, 3.05) is 11.1 Å². The predicted molar refractivity (Wildman–Crippen MR) is 72.7 cm³/mol. The predicted octanol–water partition coefficient (Wildman–Crippen LogP) is 4.15. The highest BCUT2D eigenvalue weighted by Crippen LogP contribution is 2.20. The molecule has 94 valence electrons. The van der Waals surface area contributed by atoms with Crippen LogP contribution < -0.4 is 5.32 Å². The molecule has 0 bridgehead atoms. The lowest BCUT2D eigenvalue weighted by Crippen LogP contribution is -2.27. The summed E-state index contributed by atoms with van der Waals surface area (Å²) in [6.07, 6.45) is -0.423. The summed E-state index contributed by atoms with van der Waals surface area (Å²) in [6, 6.07) is 7.73. The van der Waals surface area contributed by atoms with E-state index in [4.69, 9.17) is 4.74 Å². The van der Waals surface area contributed by atoms with Crippen LogP contribution in [0.1, 0.15) is 27.7 Å². The first-order valence-electron chi connectivity index (χ1n) is 5.63. The lowest BCUT2D eigenvalue weighted by Gasteiger charge is -2.19. The number of benzene rings is 1. The zero-order valence-electron chi connectivity index (χ0n) is 10.7. The Morgan fingerprint density at radius 2 is 1.88 bits per heavy atom. The van der Waals surface area contributed by atoms with E-state index in [0.717, 1.165) is 11.4 Å². The maximum atomic E-state index is 11.5. The number of amides is 1. The molecule has 17 heavy (non-hydrogen) atoms. The van der Waals surface area contributed by atoms with Crippen LogP contribution >= 0.6 is 11.8 Å². The molecule has 0 heterocycles. The molecule has 0 radical (unpaired) electrons. The molecule has 1 amide bonds. The van der Waals surface area contributed by atoms with Gasteiger partial charge in [0.25, 0.3) is 0 Å². The van der Waals surface area contributed by atoms with Gasteiger partial charge < -0.3 is 4.74 Å². The highest BCUT2D eigenvalue weighted by atomic mass is 32.2. The number of carbonyl (C=O) groups excluding carboxylic acids is 1. The van der Waals surface area contributed by atoms with Gasteiger partial charge in [0.15, 0.2) is 0 Å². The van der Waals surface area contributed by atoms with Crippen LogP contribution in [-0.2, 0) is 4.74 Å². The van der Waals surface area contributed by atoms with Crippen molar-refractivity contribution in [3.8, 4) is 0 Å². The number of hydrogen-bond donors (Lipinski definition) is 1. The van der Waals surface area contributed by atoms with Crippen molar-refractivity contribution in [1.29, 1.82) is 0 Å². The van der Waals surface area contributed by atoms with Crippen molar-refractivity contribution in [3.63, 3.8) is 0 Å². The van der Waals surface area contributed by atoms with E-state index in [2.05, 4.69) is 12.2 Å². The van der Waals surface area contributed by atoms with E-state index in [9.17, 15) is 4.79 Å². The lowest BCUT2D eigenvalue weighted by atomic mass is 10.2. The molecule has 1 rings (SSSR count). The number of hydrogen-bond acceptors (Lipinski definition) is 3. The van der Waals surface area contributed by atoms with Crippen LogP contribution in [0.2, 0.25) is 0 Å². The minimum absolute atomic E-state index is 0.423. The number of nitrogens with one attached hydrogen (secondary N) is 1. The lowest BCUT2D eigenvalue weighted by molar-refractivity contribution is 0.0636. The Hall–Kier alpha value is -1.16. The van der Waals surface area contributed by atoms with E-state index in [1.807, 2.05) is 45.0 Å². The van der Waals surface area contributed by atoms with Gasteiger partial charge in [-0.2, -0.15) is 0 Å². The maximum Gasteiger partial charge on any atom is 0.412 e. The van der Waals surface area contributed by atoms with Crippen molar-refractivity contribution in [1.82, 2.24) is 0 Å². The topological polar surface area (TPSA) is 38.3 Å². The molecule has 0 aliphatic carbocycles. The molecular weight excluding hydrogens is 234 g/mol. The van der Waals surface area contributed by atoms with Crippen LogP contribution in [0, 0.1) is 0 Å². The summed E-state index contributed by atoms with van der Waals surface area (Å²) in [6.45, 7) is 7.63. The first kappa shape index (κ1) is 13.9. The number of anilines is 1. The van der Waals surface area contributed by atoms with Crippen LogP contribution in [0.5, 0.6) is 0 Å². The molecule has 0 aliphatic rings. The third-order valence-electron chi connectivity index (χ3n) is 1.81. The van der Waals surface area contributed by atoms with Gasteiger partial charge in [0.2, 0.25) is 0 Å². The van der Waals surface area contributed by atoms with Gasteiger partial charge >= 0.3 is 6.09 Å². The summed E-state index contributed by atoms with van der Waals surface area (Å²) in [5, 5.41) is 2.70. The van der Waals surface area contributed by atoms with Gasteiger partial charge in [-0.3, -0.25) is 5.32 Å². The van der Waals surface area contributed by atoms with Gasteiger partial charge in [0.1, 0.15) is 5.60 Å². The van der Waals surface area contributed by atoms with Crippen molar-refractivity contribution in [2.24, 2.45) is 0 Å². The zero-order valence-corrected chi connectivity index (χ0v) is 11.6. The second-order valence-corrected chi connectivity index (χ2v) is 5.92. The van der Waals surface area contributed by atoms with Crippen LogP contribution in [0.15, 0.2) is 29.2 Å². The van der Waals surface area contributed by atoms with E-state index in [1.165, 1.54) is 4.90 Å². The SMILES string of the molecule is CCSc1ccc(NC(=O)OC(C)(C)C)cc1. The number of thioether (sulfide) groups is 1. The smallest absolute Gasteiger partial charge is 0.412 e. The fourth-order valence-corrected chi connectivity index (χ4v) is 1.88. The first-order chi connectivity index (χ1) is 7.90. The summed E-state index contributed by atoms with van der Waals surface area (Å²) in [5.41, 5.74) is 0.280. The van der Waals surface area contributed by atoms with E-state index >= 15 is 0 Å². The van der Waals surface area contributed by atoms with Gasteiger partial charge in [-0.05, 0) is 50.8 Å². The van der Waals surface area contributed by atoms with Crippen molar-refractivity contribution >= 4 is 23.5 Å². The van der Waals surface area contributed by atoms with Gasteiger partial charge in [0, 0.05) is 10.6 Å². The average Bonchev–Trinajstić information content (AvgIpc) is 2.18. The third-order valence-corrected chi connectivity index (χ3v) is 2.70. The number of rotatable bonds is 3.